The summed E-state index contributed by atoms with van der Waals surface area (Å²) in [6.07, 6.45) is -0.839. The summed E-state index contributed by atoms with van der Waals surface area (Å²) in [6.45, 7) is 2.71. The van der Waals surface area contributed by atoms with Crippen molar-refractivity contribution in [3.05, 3.63) is 142 Å². The third kappa shape index (κ3) is 8.22. The lowest BCUT2D eigenvalue weighted by Crippen LogP contribution is -2.58. The maximum Gasteiger partial charge on any atom is 0.147 e. The van der Waals surface area contributed by atoms with Crippen molar-refractivity contribution in [3.63, 3.8) is 0 Å². The van der Waals surface area contributed by atoms with Crippen molar-refractivity contribution in [1.82, 2.24) is 4.90 Å². The Morgan fingerprint density at radius 3 is 1.59 bits per heavy atom. The monoisotopic (exact) mass is 577 g/mol. The third-order valence-electron chi connectivity index (χ3n) is 7.33. The SMILES string of the molecule is Fc1ccc(Cl)c(F)c1CCN1CC(OCc2ccccc2)C(OCc2ccccc2)C(OCc2ccccc2)C1. The van der Waals surface area contributed by atoms with Gasteiger partial charge in [-0.05, 0) is 35.2 Å². The van der Waals surface area contributed by atoms with Crippen molar-refractivity contribution in [2.45, 2.75) is 44.6 Å². The van der Waals surface area contributed by atoms with Crippen LogP contribution in [0, 0.1) is 11.6 Å². The predicted molar refractivity (Wildman–Crippen MR) is 157 cm³/mol. The van der Waals surface area contributed by atoms with Gasteiger partial charge in [-0.15, -0.1) is 0 Å². The number of hydrogen-bond acceptors (Lipinski definition) is 4. The molecule has 214 valence electrons. The lowest BCUT2D eigenvalue weighted by Gasteiger charge is -2.43. The van der Waals surface area contributed by atoms with Crippen LogP contribution >= 0.6 is 11.6 Å². The van der Waals surface area contributed by atoms with E-state index in [1.165, 1.54) is 12.1 Å². The molecule has 0 N–H and O–H groups in total. The first-order valence-corrected chi connectivity index (χ1v) is 14.3. The summed E-state index contributed by atoms with van der Waals surface area (Å²) in [6, 6.07) is 32.4. The minimum atomic E-state index is -0.707. The minimum Gasteiger partial charge on any atom is -0.369 e. The first kappa shape index (κ1) is 29.4. The van der Waals surface area contributed by atoms with Crippen LogP contribution in [0.5, 0.6) is 0 Å². The van der Waals surface area contributed by atoms with Crippen molar-refractivity contribution < 1.29 is 23.0 Å². The summed E-state index contributed by atoms with van der Waals surface area (Å²) in [5.74, 6) is -1.30. The van der Waals surface area contributed by atoms with Crippen LogP contribution in [0.15, 0.2) is 103 Å². The zero-order chi connectivity index (χ0) is 28.4. The molecule has 4 aromatic carbocycles. The summed E-state index contributed by atoms with van der Waals surface area (Å²) >= 11 is 5.95. The molecule has 0 aliphatic carbocycles. The van der Waals surface area contributed by atoms with Crippen molar-refractivity contribution in [3.8, 4) is 0 Å². The van der Waals surface area contributed by atoms with E-state index < -0.39 is 11.6 Å². The molecule has 41 heavy (non-hydrogen) atoms. The van der Waals surface area contributed by atoms with Gasteiger partial charge in [0.05, 0.1) is 37.1 Å². The summed E-state index contributed by atoms with van der Waals surface area (Å²) in [7, 11) is 0. The van der Waals surface area contributed by atoms with Gasteiger partial charge in [0.25, 0.3) is 0 Å². The van der Waals surface area contributed by atoms with Gasteiger partial charge < -0.3 is 14.2 Å². The molecule has 0 radical (unpaired) electrons. The van der Waals surface area contributed by atoms with Crippen LogP contribution in [0.1, 0.15) is 22.3 Å². The Bertz CT molecular complexity index is 1310. The van der Waals surface area contributed by atoms with Crippen LogP contribution in [0.3, 0.4) is 0 Å². The average Bonchev–Trinajstić information content (AvgIpc) is 3.01. The van der Waals surface area contributed by atoms with Crippen LogP contribution in [0.4, 0.5) is 8.78 Å². The smallest absolute Gasteiger partial charge is 0.147 e. The highest BCUT2D eigenvalue weighted by Crippen LogP contribution is 2.26. The molecule has 1 heterocycles. The van der Waals surface area contributed by atoms with Gasteiger partial charge in [-0.3, -0.25) is 4.90 Å². The zero-order valence-corrected chi connectivity index (χ0v) is 23.6. The van der Waals surface area contributed by atoms with Gasteiger partial charge in [0, 0.05) is 25.2 Å². The number of piperidine rings is 1. The van der Waals surface area contributed by atoms with Gasteiger partial charge in [-0.25, -0.2) is 8.78 Å². The fraction of sp³-hybridized carbons (Fsp3) is 0.294. The zero-order valence-electron chi connectivity index (χ0n) is 22.8. The molecule has 0 saturated carbocycles. The lowest BCUT2D eigenvalue weighted by atomic mass is 9.99. The second-order valence-corrected chi connectivity index (χ2v) is 10.7. The van der Waals surface area contributed by atoms with E-state index in [2.05, 4.69) is 4.90 Å². The number of likely N-dealkylation sites (tertiary alicyclic amines) is 1. The summed E-state index contributed by atoms with van der Waals surface area (Å²) in [5, 5.41) is -0.0810. The maximum atomic E-state index is 14.7. The highest BCUT2D eigenvalue weighted by molar-refractivity contribution is 6.30. The normalized spacial score (nSPS) is 19.3. The standard InChI is InChI=1S/C34H34ClF2NO3/c35-29-16-17-30(36)28(33(29)37)18-19-38-20-31(39-22-25-10-4-1-5-11-25)34(41-24-27-14-8-3-9-15-27)32(21-38)40-23-26-12-6-2-7-13-26/h1-17,31-32,34H,18-24H2. The number of ether oxygens (including phenoxy) is 3. The fourth-order valence-electron chi connectivity index (χ4n) is 5.11. The van der Waals surface area contributed by atoms with Crippen LogP contribution in [-0.2, 0) is 40.5 Å². The molecule has 1 saturated heterocycles. The molecule has 0 aromatic heterocycles. The molecule has 2 unspecified atom stereocenters. The summed E-state index contributed by atoms with van der Waals surface area (Å²) in [4.78, 5) is 2.13. The van der Waals surface area contributed by atoms with Crippen molar-refractivity contribution in [2.75, 3.05) is 19.6 Å². The highest BCUT2D eigenvalue weighted by atomic mass is 35.5. The van der Waals surface area contributed by atoms with Crippen molar-refractivity contribution >= 4 is 11.6 Å². The summed E-state index contributed by atoms with van der Waals surface area (Å²) < 4.78 is 48.6. The maximum absolute atomic E-state index is 14.7. The third-order valence-corrected chi connectivity index (χ3v) is 7.62. The molecule has 2 atom stereocenters. The van der Waals surface area contributed by atoms with Gasteiger partial charge in [-0.1, -0.05) is 103 Å². The van der Waals surface area contributed by atoms with Gasteiger partial charge in [-0.2, -0.15) is 0 Å². The Labute approximate surface area is 245 Å². The van der Waals surface area contributed by atoms with E-state index in [4.69, 9.17) is 25.8 Å². The van der Waals surface area contributed by atoms with E-state index in [0.29, 0.717) is 39.5 Å². The Morgan fingerprint density at radius 1 is 0.634 bits per heavy atom. The molecule has 4 nitrogen and oxygen atoms in total. The number of benzene rings is 4. The molecule has 1 fully saturated rings. The van der Waals surface area contributed by atoms with Crippen LogP contribution in [0.2, 0.25) is 5.02 Å². The largest absolute Gasteiger partial charge is 0.369 e. The van der Waals surface area contributed by atoms with Crippen molar-refractivity contribution in [2.24, 2.45) is 0 Å². The minimum absolute atomic E-state index is 0.0107. The van der Waals surface area contributed by atoms with E-state index in [9.17, 15) is 8.78 Å². The summed E-state index contributed by atoms with van der Waals surface area (Å²) in [5.41, 5.74) is 3.15. The van der Waals surface area contributed by atoms with Crippen LogP contribution in [0.25, 0.3) is 0 Å². The number of nitrogens with zero attached hydrogens (tertiary/aromatic N) is 1. The van der Waals surface area contributed by atoms with E-state index in [-0.39, 0.29) is 35.3 Å². The molecule has 7 heteroatoms. The Kier molecular flexibility index (Phi) is 10.5. The van der Waals surface area contributed by atoms with Gasteiger partial charge in [0.15, 0.2) is 0 Å². The van der Waals surface area contributed by atoms with Crippen LogP contribution < -0.4 is 0 Å². The molecule has 0 spiro atoms. The molecule has 0 amide bonds. The van der Waals surface area contributed by atoms with Crippen LogP contribution in [-0.4, -0.2) is 42.8 Å². The molecular formula is C34H34ClF2NO3. The van der Waals surface area contributed by atoms with Gasteiger partial charge in [0.1, 0.15) is 17.7 Å². The fourth-order valence-corrected chi connectivity index (χ4v) is 5.29. The first-order valence-electron chi connectivity index (χ1n) is 13.9. The molecular weight excluding hydrogens is 544 g/mol. The number of halogens is 3. The van der Waals surface area contributed by atoms with Crippen molar-refractivity contribution in [1.29, 1.82) is 0 Å². The number of hydrogen-bond donors (Lipinski definition) is 0. The second-order valence-electron chi connectivity index (χ2n) is 10.3. The molecule has 1 aliphatic rings. The van der Waals surface area contributed by atoms with E-state index in [1.54, 1.807) is 0 Å². The first-order chi connectivity index (χ1) is 20.1. The average molecular weight is 578 g/mol. The van der Waals surface area contributed by atoms with E-state index >= 15 is 0 Å². The molecule has 1 aliphatic heterocycles. The van der Waals surface area contributed by atoms with E-state index in [0.717, 1.165) is 16.7 Å². The quantitative estimate of drug-likeness (QED) is 0.166. The molecule has 0 bridgehead atoms. The molecule has 4 aromatic rings. The Morgan fingerprint density at radius 2 is 1.10 bits per heavy atom. The highest BCUT2D eigenvalue weighted by Gasteiger charge is 2.39. The van der Waals surface area contributed by atoms with Gasteiger partial charge in [0.2, 0.25) is 0 Å². The number of rotatable bonds is 12. The Hall–Kier alpha value is -3.13. The van der Waals surface area contributed by atoms with E-state index in [1.807, 2.05) is 91.0 Å². The topological polar surface area (TPSA) is 30.9 Å². The molecule has 5 rings (SSSR count). The second kappa shape index (κ2) is 14.7. The Balaban J connectivity index is 1.36. The van der Waals surface area contributed by atoms with Gasteiger partial charge >= 0.3 is 0 Å². The lowest BCUT2D eigenvalue weighted by molar-refractivity contribution is -0.184. The predicted octanol–water partition coefficient (Wildman–Crippen LogP) is 7.23.